The smallest absolute Gasteiger partial charge is 0.258 e. The number of amides is 2. The third-order valence-corrected chi connectivity index (χ3v) is 1.37. The van der Waals surface area contributed by atoms with E-state index in [-0.39, 0.29) is 11.1 Å². The fourth-order valence-corrected chi connectivity index (χ4v) is 0.881. The monoisotopic (exact) mass is 151 g/mol. The van der Waals surface area contributed by atoms with E-state index in [4.69, 9.17) is 5.48 Å². The van der Waals surface area contributed by atoms with Crippen LogP contribution in [0.5, 0.6) is 0 Å². The van der Waals surface area contributed by atoms with Gasteiger partial charge in [-0.25, -0.2) is 0 Å². The van der Waals surface area contributed by atoms with Crippen LogP contribution in [0, 0.1) is 0 Å². The summed E-state index contributed by atoms with van der Waals surface area (Å²) in [6.07, 6.45) is 0. The molecule has 1 heterocycles. The average molecular weight is 151 g/mol. The minimum atomic E-state index is -0.776. The Morgan fingerprint density at radius 1 is 1.09 bits per heavy atom. The Bertz CT molecular complexity index is 467. The van der Waals surface area contributed by atoms with Crippen molar-refractivity contribution < 1.29 is 15.1 Å². The zero-order valence-corrected chi connectivity index (χ0v) is 5.32. The molecule has 0 aliphatic carbocycles. The van der Waals surface area contributed by atoms with Crippen molar-refractivity contribution in [1.82, 2.24) is 5.32 Å². The summed E-state index contributed by atoms with van der Waals surface area (Å²) in [5.74, 6) is -1.55. The van der Waals surface area contributed by atoms with Crippen molar-refractivity contribution in [1.29, 1.82) is 0 Å². The van der Waals surface area contributed by atoms with Gasteiger partial charge < -0.3 is 0 Å². The number of benzene rings is 1. The average Bonchev–Trinajstić information content (AvgIpc) is 2.47. The lowest BCUT2D eigenvalue weighted by Gasteiger charge is -1.88. The van der Waals surface area contributed by atoms with Gasteiger partial charge in [0.1, 0.15) is 0 Å². The van der Waals surface area contributed by atoms with E-state index < -0.39 is 36.0 Å². The molecule has 1 N–H and O–H groups in total. The van der Waals surface area contributed by atoms with Crippen LogP contribution in [0.3, 0.4) is 0 Å². The van der Waals surface area contributed by atoms with Crippen LogP contribution in [-0.2, 0) is 0 Å². The molecule has 1 aromatic rings. The molecule has 0 radical (unpaired) electrons. The van der Waals surface area contributed by atoms with Gasteiger partial charge in [0.2, 0.25) is 0 Å². The Morgan fingerprint density at radius 3 is 2.00 bits per heavy atom. The van der Waals surface area contributed by atoms with Gasteiger partial charge in [-0.2, -0.15) is 0 Å². The predicted molar refractivity (Wildman–Crippen MR) is 38.2 cm³/mol. The van der Waals surface area contributed by atoms with Crippen LogP contribution in [-0.4, -0.2) is 11.8 Å². The molecule has 0 unspecified atom stereocenters. The molecule has 0 atom stereocenters. The summed E-state index contributed by atoms with van der Waals surface area (Å²) >= 11 is 0. The van der Waals surface area contributed by atoms with Gasteiger partial charge in [-0.3, -0.25) is 14.9 Å². The molecule has 3 heteroatoms. The van der Waals surface area contributed by atoms with Crippen molar-refractivity contribution in [3.05, 3.63) is 35.3 Å². The van der Waals surface area contributed by atoms with E-state index in [0.717, 1.165) is 0 Å². The van der Waals surface area contributed by atoms with Gasteiger partial charge in [0.15, 0.2) is 0 Å². The molecule has 1 aliphatic rings. The first kappa shape index (κ1) is 3.17. The molecule has 0 spiro atoms. The van der Waals surface area contributed by atoms with E-state index in [0.29, 0.717) is 0 Å². The summed E-state index contributed by atoms with van der Waals surface area (Å²) in [6, 6.07) is -1.98. The van der Waals surface area contributed by atoms with Crippen LogP contribution < -0.4 is 5.32 Å². The number of carbonyl (C=O) groups excluding carboxylic acids is 2. The fraction of sp³-hybridized carbons (Fsp3) is 0. The second-order valence-corrected chi connectivity index (χ2v) is 2.03. The largest absolute Gasteiger partial charge is 0.288 e. The Balaban J connectivity index is 2.92. The van der Waals surface area contributed by atoms with Crippen molar-refractivity contribution in [2.75, 3.05) is 0 Å². The Kier molecular flexibility index (Phi) is 0.554. The van der Waals surface area contributed by atoms with Crippen molar-refractivity contribution in [3.63, 3.8) is 0 Å². The number of hydrogen-bond acceptors (Lipinski definition) is 2. The van der Waals surface area contributed by atoms with E-state index in [1.807, 2.05) is 5.32 Å². The van der Waals surface area contributed by atoms with Crippen molar-refractivity contribution in [3.8, 4) is 0 Å². The minimum absolute atomic E-state index is 0.272. The molecule has 0 fully saturated rings. The van der Waals surface area contributed by atoms with Crippen LogP contribution in [0.1, 0.15) is 26.2 Å². The van der Waals surface area contributed by atoms with Crippen molar-refractivity contribution in [2.24, 2.45) is 0 Å². The molecule has 0 aromatic heterocycles. The van der Waals surface area contributed by atoms with Crippen LogP contribution >= 0.6 is 0 Å². The lowest BCUT2D eigenvalue weighted by molar-refractivity contribution is 0.0879. The van der Waals surface area contributed by atoms with Crippen LogP contribution in [0.2, 0.25) is 0 Å². The van der Waals surface area contributed by atoms with Crippen molar-refractivity contribution in [2.45, 2.75) is 0 Å². The van der Waals surface area contributed by atoms with Gasteiger partial charge >= 0.3 is 0 Å². The molecule has 0 saturated heterocycles. The number of hydrogen-bond donors (Lipinski definition) is 1. The maximum atomic E-state index is 11.2. The van der Waals surface area contributed by atoms with Crippen molar-refractivity contribution >= 4 is 11.8 Å². The highest BCUT2D eigenvalue weighted by Crippen LogP contribution is 2.13. The number of imide groups is 1. The van der Waals surface area contributed by atoms with E-state index in [2.05, 4.69) is 0 Å². The van der Waals surface area contributed by atoms with Gasteiger partial charge in [-0.1, -0.05) is 12.1 Å². The second-order valence-electron chi connectivity index (χ2n) is 2.03. The quantitative estimate of drug-likeness (QED) is 0.551. The first-order valence-corrected chi connectivity index (χ1v) is 2.91. The van der Waals surface area contributed by atoms with Gasteiger partial charge in [-0.05, 0) is 12.1 Å². The molecular formula is C8H5NO2. The summed E-state index contributed by atoms with van der Waals surface area (Å²) in [6.45, 7) is 0. The third-order valence-electron chi connectivity index (χ3n) is 1.37. The van der Waals surface area contributed by atoms with Gasteiger partial charge in [0, 0.05) is 0 Å². The van der Waals surface area contributed by atoms with E-state index in [1.165, 1.54) is 0 Å². The molecule has 54 valence electrons. The fourth-order valence-electron chi connectivity index (χ4n) is 0.881. The first-order chi connectivity index (χ1) is 6.95. The van der Waals surface area contributed by atoms with Crippen LogP contribution in [0.15, 0.2) is 24.2 Å². The molecule has 2 rings (SSSR count). The summed E-state index contributed by atoms with van der Waals surface area (Å²) in [4.78, 5) is 22.5. The molecule has 2 amide bonds. The van der Waals surface area contributed by atoms with E-state index >= 15 is 0 Å². The normalized spacial score (nSPS) is 19.6. The predicted octanol–water partition coefficient (Wildman–Crippen LogP) is 0.570. The topological polar surface area (TPSA) is 46.2 Å². The lowest BCUT2D eigenvalue weighted by Crippen LogP contribution is -2.19. The number of rotatable bonds is 0. The summed E-state index contributed by atoms with van der Waals surface area (Å²) in [5.41, 5.74) is -0.544. The van der Waals surface area contributed by atoms with Gasteiger partial charge in [-0.15, -0.1) is 0 Å². The highest BCUT2D eigenvalue weighted by Gasteiger charge is 2.25. The Morgan fingerprint density at radius 2 is 1.55 bits per heavy atom. The molecule has 3 nitrogen and oxygen atoms in total. The maximum absolute atomic E-state index is 11.2. The zero-order chi connectivity index (χ0) is 11.3. The summed E-state index contributed by atoms with van der Waals surface area (Å²) in [7, 11) is 0. The maximum Gasteiger partial charge on any atom is 0.258 e. The SMILES string of the molecule is [2H]c1c([2H])c([2H])c2c(c1[2H])C(=O)NC2=O. The Hall–Kier alpha value is -1.64. The number of carbonyl (C=O) groups is 2. The molecule has 1 aliphatic heterocycles. The van der Waals surface area contributed by atoms with E-state index in [1.54, 1.807) is 0 Å². The third kappa shape index (κ3) is 0.741. The molecule has 0 bridgehead atoms. The zero-order valence-electron chi connectivity index (χ0n) is 9.32. The Labute approximate surface area is 68.6 Å². The highest BCUT2D eigenvalue weighted by atomic mass is 16.2. The summed E-state index contributed by atoms with van der Waals surface area (Å²) in [5, 5.41) is 1.93. The van der Waals surface area contributed by atoms with E-state index in [9.17, 15) is 9.59 Å². The number of fused-ring (bicyclic) bond motifs is 1. The van der Waals surface area contributed by atoms with Gasteiger partial charge in [0.25, 0.3) is 11.8 Å². The molecular weight excluding hydrogens is 142 g/mol. The summed E-state index contributed by atoms with van der Waals surface area (Å²) < 4.78 is 29.5. The first-order valence-electron chi connectivity index (χ1n) is 4.91. The standard InChI is InChI=1S/C8H5NO2/c10-7-5-3-1-2-4-6(5)8(11)9-7/h1-4H,(H,9,10,11)/i1D,2D,3D,4D. The molecule has 11 heavy (non-hydrogen) atoms. The second kappa shape index (κ2) is 1.92. The minimum Gasteiger partial charge on any atom is -0.288 e. The van der Waals surface area contributed by atoms with Crippen LogP contribution in [0.4, 0.5) is 0 Å². The lowest BCUT2D eigenvalue weighted by atomic mass is 10.1. The number of nitrogens with one attached hydrogen (secondary N) is 1. The molecule has 1 aromatic carbocycles. The van der Waals surface area contributed by atoms with Gasteiger partial charge in [0.05, 0.1) is 16.6 Å². The highest BCUT2D eigenvalue weighted by molar-refractivity contribution is 6.21. The molecule has 0 saturated carbocycles. The van der Waals surface area contributed by atoms with Crippen LogP contribution in [0.25, 0.3) is 0 Å².